The number of ether oxygens (including phenoxy) is 2. The number of hydrogen-bond donors (Lipinski definition) is 1. The van der Waals surface area contributed by atoms with E-state index in [0.717, 1.165) is 17.6 Å². The van der Waals surface area contributed by atoms with Crippen molar-refractivity contribution in [3.63, 3.8) is 0 Å². The van der Waals surface area contributed by atoms with Crippen molar-refractivity contribution in [2.75, 3.05) is 26.3 Å². The summed E-state index contributed by atoms with van der Waals surface area (Å²) in [6, 6.07) is 12.3. The Morgan fingerprint density at radius 2 is 1.88 bits per heavy atom. The first kappa shape index (κ1) is 24.3. The van der Waals surface area contributed by atoms with Gasteiger partial charge in [-0.25, -0.2) is 0 Å². The Bertz CT molecular complexity index is 1040. The van der Waals surface area contributed by atoms with Gasteiger partial charge in [-0.05, 0) is 50.5 Å². The van der Waals surface area contributed by atoms with E-state index in [4.69, 9.17) is 14.9 Å². The summed E-state index contributed by atoms with van der Waals surface area (Å²) in [6.45, 7) is 10.4. The summed E-state index contributed by atoms with van der Waals surface area (Å²) in [7, 11) is 0. The number of rotatable bonds is 7. The van der Waals surface area contributed by atoms with Crippen LogP contribution in [0.15, 0.2) is 29.8 Å². The van der Waals surface area contributed by atoms with Crippen LogP contribution in [0, 0.1) is 56.7 Å². The first-order valence-corrected chi connectivity index (χ1v) is 11.5. The van der Waals surface area contributed by atoms with E-state index in [1.54, 1.807) is 0 Å². The SMILES string of the molecule is CCCOc1ccc([C@@H]2[C@H]3CN(C(C)C)CC=C3C(C#N)C(=N)C2(C#N)C#N)cc1OCC. The fourth-order valence-electron chi connectivity index (χ4n) is 4.95. The molecule has 7 nitrogen and oxygen atoms in total. The van der Waals surface area contributed by atoms with Crippen molar-refractivity contribution in [2.24, 2.45) is 17.3 Å². The molecule has 1 aromatic rings. The normalized spacial score (nSPS) is 24.1. The van der Waals surface area contributed by atoms with Crippen molar-refractivity contribution in [1.82, 2.24) is 4.90 Å². The summed E-state index contributed by atoms with van der Waals surface area (Å²) in [5, 5.41) is 39.2. The summed E-state index contributed by atoms with van der Waals surface area (Å²) >= 11 is 0. The first-order valence-electron chi connectivity index (χ1n) is 11.5. The molecule has 1 aromatic carbocycles. The lowest BCUT2D eigenvalue weighted by atomic mass is 9.54. The highest BCUT2D eigenvalue weighted by atomic mass is 16.5. The predicted octanol–water partition coefficient (Wildman–Crippen LogP) is 4.43. The third-order valence-electron chi connectivity index (χ3n) is 6.64. The van der Waals surface area contributed by atoms with E-state index in [0.29, 0.717) is 37.8 Å². The molecule has 0 bridgehead atoms. The molecular weight excluding hydrogens is 414 g/mol. The van der Waals surface area contributed by atoms with Crippen molar-refractivity contribution in [1.29, 1.82) is 21.2 Å². The molecule has 0 spiro atoms. The van der Waals surface area contributed by atoms with E-state index in [1.807, 2.05) is 38.1 Å². The van der Waals surface area contributed by atoms with Crippen LogP contribution in [0.1, 0.15) is 45.6 Å². The zero-order valence-corrected chi connectivity index (χ0v) is 19.8. The molecule has 1 heterocycles. The minimum absolute atomic E-state index is 0.134. The van der Waals surface area contributed by atoms with Crippen LogP contribution >= 0.6 is 0 Å². The van der Waals surface area contributed by atoms with Crippen molar-refractivity contribution >= 4 is 5.71 Å². The number of nitrogens with one attached hydrogen (secondary N) is 1. The molecule has 0 saturated heterocycles. The molecule has 0 aromatic heterocycles. The van der Waals surface area contributed by atoms with Gasteiger partial charge in [0.25, 0.3) is 0 Å². The molecule has 1 fully saturated rings. The summed E-state index contributed by atoms with van der Waals surface area (Å²) in [4.78, 5) is 2.27. The standard InChI is InChI=1S/C26H31N5O2/c1-5-11-33-22-8-7-18(12-23(22)32-6-2)24-21-14-31(17(3)4)10-9-19(21)20(13-27)25(30)26(24,15-28)16-29/h7-9,12,17,20-21,24,30H,5-6,10-11,14H2,1-4H3/t20?,21-,24+/m0/s1. The second kappa shape index (κ2) is 10.1. The van der Waals surface area contributed by atoms with Gasteiger partial charge >= 0.3 is 0 Å². The lowest BCUT2D eigenvalue weighted by molar-refractivity contribution is 0.171. The summed E-state index contributed by atoms with van der Waals surface area (Å²) < 4.78 is 11.7. The molecule has 1 saturated carbocycles. The molecule has 1 aliphatic carbocycles. The quantitative estimate of drug-likeness (QED) is 0.621. The minimum Gasteiger partial charge on any atom is -0.490 e. The van der Waals surface area contributed by atoms with Gasteiger partial charge in [0.2, 0.25) is 0 Å². The van der Waals surface area contributed by atoms with Crippen LogP contribution < -0.4 is 9.47 Å². The van der Waals surface area contributed by atoms with Gasteiger partial charge in [0.15, 0.2) is 16.9 Å². The van der Waals surface area contributed by atoms with Crippen LogP contribution in [-0.4, -0.2) is 43.0 Å². The van der Waals surface area contributed by atoms with Crippen LogP contribution in [0.3, 0.4) is 0 Å². The maximum Gasteiger partial charge on any atom is 0.189 e. The number of nitrogens with zero attached hydrogens (tertiary/aromatic N) is 4. The Hall–Kier alpha value is -3.34. The highest BCUT2D eigenvalue weighted by molar-refractivity contribution is 6.00. The maximum absolute atomic E-state index is 10.3. The second-order valence-electron chi connectivity index (χ2n) is 8.83. The Labute approximate surface area is 196 Å². The van der Waals surface area contributed by atoms with E-state index in [9.17, 15) is 15.8 Å². The third-order valence-corrected chi connectivity index (χ3v) is 6.64. The summed E-state index contributed by atoms with van der Waals surface area (Å²) in [5.74, 6) is -0.526. The average molecular weight is 446 g/mol. The molecule has 1 N–H and O–H groups in total. The second-order valence-corrected chi connectivity index (χ2v) is 8.83. The van der Waals surface area contributed by atoms with Gasteiger partial charge in [-0.1, -0.05) is 19.1 Å². The topological polar surface area (TPSA) is 117 Å². The lowest BCUT2D eigenvalue weighted by Crippen LogP contribution is -2.53. The molecule has 7 heteroatoms. The molecule has 3 atom stereocenters. The maximum atomic E-state index is 10.3. The Morgan fingerprint density at radius 3 is 2.45 bits per heavy atom. The monoisotopic (exact) mass is 445 g/mol. The molecule has 1 unspecified atom stereocenters. The number of nitriles is 3. The van der Waals surface area contributed by atoms with E-state index < -0.39 is 17.3 Å². The molecule has 172 valence electrons. The number of benzene rings is 1. The van der Waals surface area contributed by atoms with E-state index in [1.165, 1.54) is 0 Å². The molecule has 1 aliphatic heterocycles. The van der Waals surface area contributed by atoms with Crippen molar-refractivity contribution < 1.29 is 9.47 Å². The van der Waals surface area contributed by atoms with Crippen LogP contribution in [0.2, 0.25) is 0 Å². The molecule has 33 heavy (non-hydrogen) atoms. The van der Waals surface area contributed by atoms with Crippen LogP contribution in [0.4, 0.5) is 0 Å². The fraction of sp³-hybridized carbons (Fsp3) is 0.538. The highest BCUT2D eigenvalue weighted by Gasteiger charge is 2.57. The van der Waals surface area contributed by atoms with Crippen LogP contribution in [-0.2, 0) is 0 Å². The zero-order chi connectivity index (χ0) is 24.2. The fourth-order valence-corrected chi connectivity index (χ4v) is 4.95. The van der Waals surface area contributed by atoms with Gasteiger partial charge in [0.1, 0.15) is 5.92 Å². The molecule has 0 amide bonds. The molecule has 0 radical (unpaired) electrons. The third kappa shape index (κ3) is 4.20. The summed E-state index contributed by atoms with van der Waals surface area (Å²) in [6.07, 6.45) is 2.88. The van der Waals surface area contributed by atoms with Crippen molar-refractivity contribution in [3.8, 4) is 29.7 Å². The van der Waals surface area contributed by atoms with Crippen LogP contribution in [0.5, 0.6) is 11.5 Å². The van der Waals surface area contributed by atoms with Gasteiger partial charge in [-0.3, -0.25) is 4.90 Å². The van der Waals surface area contributed by atoms with Crippen LogP contribution in [0.25, 0.3) is 0 Å². The van der Waals surface area contributed by atoms with Crippen molar-refractivity contribution in [3.05, 3.63) is 35.4 Å². The Balaban J connectivity index is 2.21. The van der Waals surface area contributed by atoms with Gasteiger partial charge in [-0.2, -0.15) is 15.8 Å². The Kier molecular flexibility index (Phi) is 7.42. The lowest BCUT2D eigenvalue weighted by Gasteiger charge is -2.48. The van der Waals surface area contributed by atoms with E-state index in [-0.39, 0.29) is 17.7 Å². The molecular formula is C26H31N5O2. The smallest absolute Gasteiger partial charge is 0.189 e. The zero-order valence-electron chi connectivity index (χ0n) is 19.8. The van der Waals surface area contributed by atoms with Gasteiger partial charge in [-0.15, -0.1) is 0 Å². The van der Waals surface area contributed by atoms with Gasteiger partial charge in [0.05, 0.1) is 37.1 Å². The molecule has 2 aliphatic rings. The highest BCUT2D eigenvalue weighted by Crippen LogP contribution is 2.54. The predicted molar refractivity (Wildman–Crippen MR) is 125 cm³/mol. The number of fused-ring (bicyclic) bond motifs is 1. The van der Waals surface area contributed by atoms with E-state index >= 15 is 0 Å². The minimum atomic E-state index is -1.74. The van der Waals surface area contributed by atoms with Crippen molar-refractivity contribution in [2.45, 2.75) is 46.1 Å². The summed E-state index contributed by atoms with van der Waals surface area (Å²) in [5.41, 5.74) is -0.287. The molecule has 3 rings (SSSR count). The van der Waals surface area contributed by atoms with Gasteiger partial charge in [0, 0.05) is 31.0 Å². The number of hydrogen-bond acceptors (Lipinski definition) is 7. The average Bonchev–Trinajstić information content (AvgIpc) is 2.82. The largest absolute Gasteiger partial charge is 0.490 e. The van der Waals surface area contributed by atoms with E-state index in [2.05, 4.69) is 37.0 Å². The Morgan fingerprint density at radius 1 is 1.15 bits per heavy atom. The first-order chi connectivity index (χ1) is 15.9. The van der Waals surface area contributed by atoms with Gasteiger partial charge < -0.3 is 14.9 Å².